The Balaban J connectivity index is 1.80. The van der Waals surface area contributed by atoms with Gasteiger partial charge in [-0.05, 0) is 30.1 Å². The van der Waals surface area contributed by atoms with Gasteiger partial charge in [0.25, 0.3) is 0 Å². The molecule has 108 valence electrons. The second-order valence-electron chi connectivity index (χ2n) is 6.38. The minimum absolute atomic E-state index is 0.197. The Hall–Kier alpha value is -0.960. The van der Waals surface area contributed by atoms with Gasteiger partial charge >= 0.3 is 0 Å². The molecule has 3 heteroatoms. The van der Waals surface area contributed by atoms with E-state index in [0.717, 1.165) is 18.8 Å². The number of nitrogens with zero attached hydrogens (tertiary/aromatic N) is 1. The average Bonchev–Trinajstić information content (AvgIpc) is 3.09. The van der Waals surface area contributed by atoms with Gasteiger partial charge in [-0.25, -0.2) is 0 Å². The van der Waals surface area contributed by atoms with Gasteiger partial charge in [0.2, 0.25) is 5.91 Å². The molecule has 0 bridgehead atoms. The summed E-state index contributed by atoms with van der Waals surface area (Å²) in [6.07, 6.45) is 5.69. The smallest absolute Gasteiger partial charge is 0.222 e. The Bertz CT molecular complexity index is 467. The van der Waals surface area contributed by atoms with Crippen molar-refractivity contribution in [2.75, 3.05) is 18.8 Å². The maximum atomic E-state index is 12.2. The minimum Gasteiger partial charge on any atom is -0.341 e. The van der Waals surface area contributed by atoms with Crippen molar-refractivity contribution in [3.05, 3.63) is 35.9 Å². The van der Waals surface area contributed by atoms with E-state index in [9.17, 15) is 4.79 Å². The third kappa shape index (κ3) is 2.60. The molecule has 2 nitrogen and oxygen atoms in total. The van der Waals surface area contributed by atoms with Crippen LogP contribution in [-0.2, 0) is 10.2 Å². The van der Waals surface area contributed by atoms with Crippen molar-refractivity contribution in [1.29, 1.82) is 0 Å². The summed E-state index contributed by atoms with van der Waals surface area (Å²) in [5.41, 5.74) is 1.61. The molecule has 1 heterocycles. The molecular formula is C17H23NOS. The van der Waals surface area contributed by atoms with Gasteiger partial charge in [0, 0.05) is 24.9 Å². The molecule has 0 N–H and O–H groups in total. The molecule has 1 aromatic carbocycles. The number of thiol groups is 1. The number of carbonyl (C=O) groups is 1. The standard InChI is InChI=1S/C17H23NOS/c19-16-10-14(12-20)11-18(16)13-17(8-4-5-9-17)15-6-2-1-3-7-15/h1-3,6-7,14,20H,4-5,8-13H2. The molecule has 1 aliphatic carbocycles. The summed E-state index contributed by atoms with van der Waals surface area (Å²) in [6, 6.07) is 10.8. The summed E-state index contributed by atoms with van der Waals surface area (Å²) in [5, 5.41) is 0. The first-order valence-corrected chi connectivity index (χ1v) is 8.31. The molecule has 0 radical (unpaired) electrons. The van der Waals surface area contributed by atoms with Gasteiger partial charge in [-0.3, -0.25) is 4.79 Å². The van der Waals surface area contributed by atoms with Crippen LogP contribution in [0.25, 0.3) is 0 Å². The molecule has 1 aromatic rings. The van der Waals surface area contributed by atoms with E-state index in [1.165, 1.54) is 31.2 Å². The predicted octanol–water partition coefficient (Wildman–Crippen LogP) is 3.28. The van der Waals surface area contributed by atoms with Crippen molar-refractivity contribution in [1.82, 2.24) is 4.90 Å². The van der Waals surface area contributed by atoms with Crippen LogP contribution < -0.4 is 0 Å². The molecule has 1 amide bonds. The van der Waals surface area contributed by atoms with Crippen LogP contribution in [0.5, 0.6) is 0 Å². The largest absolute Gasteiger partial charge is 0.341 e. The summed E-state index contributed by atoms with van der Waals surface area (Å²) in [5.74, 6) is 1.59. The Morgan fingerprint density at radius 1 is 1.20 bits per heavy atom. The summed E-state index contributed by atoms with van der Waals surface area (Å²) >= 11 is 4.36. The van der Waals surface area contributed by atoms with Crippen LogP contribution >= 0.6 is 12.6 Å². The van der Waals surface area contributed by atoms with Gasteiger partial charge < -0.3 is 4.90 Å². The molecule has 20 heavy (non-hydrogen) atoms. The van der Waals surface area contributed by atoms with Crippen LogP contribution in [0.4, 0.5) is 0 Å². The van der Waals surface area contributed by atoms with Gasteiger partial charge in [-0.1, -0.05) is 43.2 Å². The first-order valence-electron chi connectivity index (χ1n) is 7.68. The average molecular weight is 289 g/mol. The van der Waals surface area contributed by atoms with Crippen molar-refractivity contribution in [2.45, 2.75) is 37.5 Å². The third-order valence-corrected chi connectivity index (χ3v) is 5.51. The van der Waals surface area contributed by atoms with E-state index in [-0.39, 0.29) is 5.41 Å². The van der Waals surface area contributed by atoms with Crippen LogP contribution in [0.2, 0.25) is 0 Å². The Morgan fingerprint density at radius 3 is 2.50 bits per heavy atom. The number of likely N-dealkylation sites (tertiary alicyclic amines) is 1. The van der Waals surface area contributed by atoms with Crippen LogP contribution in [-0.4, -0.2) is 29.6 Å². The minimum atomic E-state index is 0.197. The van der Waals surface area contributed by atoms with Gasteiger partial charge in [0.1, 0.15) is 0 Å². The number of amides is 1. The van der Waals surface area contributed by atoms with Crippen molar-refractivity contribution in [2.24, 2.45) is 5.92 Å². The van der Waals surface area contributed by atoms with Gasteiger partial charge in [-0.2, -0.15) is 12.6 Å². The van der Waals surface area contributed by atoms with Gasteiger partial charge in [0.15, 0.2) is 0 Å². The fourth-order valence-corrected chi connectivity index (χ4v) is 4.12. The lowest BCUT2D eigenvalue weighted by molar-refractivity contribution is -0.128. The normalized spacial score (nSPS) is 25.4. The molecule has 1 saturated carbocycles. The highest BCUT2D eigenvalue weighted by atomic mass is 32.1. The summed E-state index contributed by atoms with van der Waals surface area (Å²) in [6.45, 7) is 1.80. The molecule has 2 aliphatic rings. The fraction of sp³-hybridized carbons (Fsp3) is 0.588. The van der Waals surface area contributed by atoms with E-state index in [1.807, 2.05) is 0 Å². The molecule has 3 rings (SSSR count). The van der Waals surface area contributed by atoms with E-state index >= 15 is 0 Å². The second kappa shape index (κ2) is 5.80. The van der Waals surface area contributed by atoms with Gasteiger partial charge in [-0.15, -0.1) is 0 Å². The molecule has 0 aromatic heterocycles. The summed E-state index contributed by atoms with van der Waals surface area (Å²) in [4.78, 5) is 14.3. The summed E-state index contributed by atoms with van der Waals surface area (Å²) < 4.78 is 0. The monoisotopic (exact) mass is 289 g/mol. The number of hydrogen-bond donors (Lipinski definition) is 1. The van der Waals surface area contributed by atoms with Crippen LogP contribution in [0, 0.1) is 5.92 Å². The fourth-order valence-electron chi connectivity index (χ4n) is 3.88. The van der Waals surface area contributed by atoms with Crippen molar-refractivity contribution in [3.63, 3.8) is 0 Å². The molecule has 1 saturated heterocycles. The van der Waals surface area contributed by atoms with Crippen molar-refractivity contribution >= 4 is 18.5 Å². The van der Waals surface area contributed by atoms with Crippen LogP contribution in [0.15, 0.2) is 30.3 Å². The van der Waals surface area contributed by atoms with E-state index in [0.29, 0.717) is 18.2 Å². The topological polar surface area (TPSA) is 20.3 Å². The Labute approximate surface area is 127 Å². The van der Waals surface area contributed by atoms with E-state index in [4.69, 9.17) is 0 Å². The lowest BCUT2D eigenvalue weighted by Gasteiger charge is -2.34. The van der Waals surface area contributed by atoms with E-state index < -0.39 is 0 Å². The number of hydrogen-bond acceptors (Lipinski definition) is 2. The van der Waals surface area contributed by atoms with Gasteiger partial charge in [0.05, 0.1) is 0 Å². The highest BCUT2D eigenvalue weighted by Gasteiger charge is 2.40. The zero-order chi connectivity index (χ0) is 14.0. The molecule has 0 spiro atoms. The summed E-state index contributed by atoms with van der Waals surface area (Å²) in [7, 11) is 0. The molecule has 1 aliphatic heterocycles. The Morgan fingerprint density at radius 2 is 1.90 bits per heavy atom. The maximum Gasteiger partial charge on any atom is 0.222 e. The highest BCUT2D eigenvalue weighted by Crippen LogP contribution is 2.42. The third-order valence-electron chi connectivity index (χ3n) is 4.99. The maximum absolute atomic E-state index is 12.2. The highest BCUT2D eigenvalue weighted by molar-refractivity contribution is 7.80. The second-order valence-corrected chi connectivity index (χ2v) is 6.75. The van der Waals surface area contributed by atoms with Crippen LogP contribution in [0.1, 0.15) is 37.7 Å². The Kier molecular flexibility index (Phi) is 4.06. The SMILES string of the molecule is O=C1CC(CS)CN1CC1(c2ccccc2)CCCC1. The van der Waals surface area contributed by atoms with Crippen LogP contribution in [0.3, 0.4) is 0 Å². The molecule has 2 fully saturated rings. The molecule has 1 unspecified atom stereocenters. The lowest BCUT2D eigenvalue weighted by Crippen LogP contribution is -2.40. The zero-order valence-electron chi connectivity index (χ0n) is 11.9. The van der Waals surface area contributed by atoms with E-state index in [2.05, 4.69) is 47.9 Å². The zero-order valence-corrected chi connectivity index (χ0v) is 12.8. The van der Waals surface area contributed by atoms with E-state index in [1.54, 1.807) is 0 Å². The number of carbonyl (C=O) groups excluding carboxylic acids is 1. The first kappa shape index (κ1) is 14.0. The van der Waals surface area contributed by atoms with Crippen molar-refractivity contribution < 1.29 is 4.79 Å². The number of rotatable bonds is 4. The number of benzene rings is 1. The lowest BCUT2D eigenvalue weighted by atomic mass is 9.78. The molecular weight excluding hydrogens is 266 g/mol. The van der Waals surface area contributed by atoms with Crippen molar-refractivity contribution in [3.8, 4) is 0 Å². The first-order chi connectivity index (χ1) is 9.73. The quantitative estimate of drug-likeness (QED) is 0.844. The predicted molar refractivity (Wildman–Crippen MR) is 85.1 cm³/mol. The molecule has 1 atom stereocenters.